The molecule has 0 radical (unpaired) electrons. The van der Waals surface area contributed by atoms with Gasteiger partial charge in [-0.15, -0.1) is 0 Å². The van der Waals surface area contributed by atoms with E-state index in [2.05, 4.69) is 4.98 Å². The van der Waals surface area contributed by atoms with Crippen molar-refractivity contribution in [1.82, 2.24) is 9.55 Å². The molecule has 0 aliphatic rings. The number of carbonyl (C=O) groups excluding carboxylic acids is 1. The minimum atomic E-state index is -0.787. The van der Waals surface area contributed by atoms with E-state index in [1.807, 2.05) is 0 Å². The Labute approximate surface area is 169 Å². The number of amides is 1. The van der Waals surface area contributed by atoms with Crippen molar-refractivity contribution in [2.24, 2.45) is 5.73 Å². The Morgan fingerprint density at radius 3 is 2.59 bits per heavy atom. The van der Waals surface area contributed by atoms with Gasteiger partial charge in [-0.05, 0) is 43.7 Å². The van der Waals surface area contributed by atoms with Crippen LogP contribution < -0.4 is 16.0 Å². The van der Waals surface area contributed by atoms with Crippen molar-refractivity contribution in [3.8, 4) is 11.6 Å². The van der Waals surface area contributed by atoms with Crippen molar-refractivity contribution < 1.29 is 18.3 Å². The molecule has 2 N–H and O–H groups in total. The maximum Gasteiger partial charge on any atom is 0.280 e. The van der Waals surface area contributed by atoms with E-state index in [0.717, 1.165) is 12.1 Å². The molecule has 0 fully saturated rings. The molecular weight excluding hydrogens is 404 g/mol. The zero-order valence-corrected chi connectivity index (χ0v) is 16.3. The zero-order chi connectivity index (χ0) is 21.3. The van der Waals surface area contributed by atoms with Crippen LogP contribution in [-0.2, 0) is 6.61 Å². The number of hydrogen-bond donors (Lipinski definition) is 1. The third-order valence-electron chi connectivity index (χ3n) is 4.28. The number of aryl methyl sites for hydroxylation is 2. The van der Waals surface area contributed by atoms with Gasteiger partial charge < -0.3 is 10.5 Å². The molecule has 1 aromatic heterocycles. The highest BCUT2D eigenvalue weighted by atomic mass is 35.5. The third-order valence-corrected chi connectivity index (χ3v) is 4.60. The predicted molar refractivity (Wildman–Crippen MR) is 104 cm³/mol. The largest absolute Gasteiger partial charge is 0.471 e. The number of rotatable bonds is 5. The van der Waals surface area contributed by atoms with E-state index in [4.69, 9.17) is 22.1 Å². The summed E-state index contributed by atoms with van der Waals surface area (Å²) in [5.74, 6) is -2.09. The number of nitrogens with zero attached hydrogens (tertiary/aromatic N) is 2. The Kier molecular flexibility index (Phi) is 5.65. The van der Waals surface area contributed by atoms with Crippen LogP contribution in [0.25, 0.3) is 5.69 Å². The number of carbonyl (C=O) groups is 1. The smallest absolute Gasteiger partial charge is 0.280 e. The first-order valence-corrected chi connectivity index (χ1v) is 8.83. The Morgan fingerprint density at radius 2 is 1.93 bits per heavy atom. The lowest BCUT2D eigenvalue weighted by Gasteiger charge is -2.15. The van der Waals surface area contributed by atoms with Gasteiger partial charge in [0.05, 0.1) is 5.69 Å². The van der Waals surface area contributed by atoms with Gasteiger partial charge in [0.25, 0.3) is 5.56 Å². The van der Waals surface area contributed by atoms with Gasteiger partial charge >= 0.3 is 0 Å². The molecule has 0 atom stereocenters. The van der Waals surface area contributed by atoms with Crippen LogP contribution in [0.2, 0.25) is 5.02 Å². The molecule has 0 aliphatic heterocycles. The molecule has 0 aliphatic carbocycles. The standard InChI is InChI=1S/C20H16ClF2N3O3/c1-10-3-4-12(18(24)27)7-16(10)26-11(2)25-19(17(21)20(26)28)29-9-13-5-6-14(22)8-15(13)23/h3-8H,9H2,1-2H3,(H2,24,27). The van der Waals surface area contributed by atoms with Gasteiger partial charge in [-0.3, -0.25) is 14.2 Å². The molecule has 2 aromatic carbocycles. The van der Waals surface area contributed by atoms with Crippen LogP contribution in [0.15, 0.2) is 41.2 Å². The third kappa shape index (κ3) is 4.12. The number of nitrogens with two attached hydrogens (primary N) is 1. The topological polar surface area (TPSA) is 87.2 Å². The molecule has 1 heterocycles. The van der Waals surface area contributed by atoms with Gasteiger partial charge in [-0.25, -0.2) is 8.78 Å². The fourth-order valence-corrected chi connectivity index (χ4v) is 2.93. The Balaban J connectivity index is 2.00. The molecule has 0 bridgehead atoms. The van der Waals surface area contributed by atoms with Gasteiger partial charge in [0.2, 0.25) is 11.8 Å². The molecule has 0 spiro atoms. The maximum absolute atomic E-state index is 13.8. The second-order valence-electron chi connectivity index (χ2n) is 6.31. The quantitative estimate of drug-likeness (QED) is 0.686. The summed E-state index contributed by atoms with van der Waals surface area (Å²) in [7, 11) is 0. The van der Waals surface area contributed by atoms with Gasteiger partial charge in [0.15, 0.2) is 5.02 Å². The summed E-state index contributed by atoms with van der Waals surface area (Å²) in [6.07, 6.45) is 0. The number of hydrogen-bond acceptors (Lipinski definition) is 4. The molecule has 29 heavy (non-hydrogen) atoms. The molecule has 3 rings (SSSR count). The predicted octanol–water partition coefficient (Wildman–Crippen LogP) is 3.46. The molecule has 150 valence electrons. The van der Waals surface area contributed by atoms with E-state index in [1.165, 1.54) is 16.7 Å². The van der Waals surface area contributed by atoms with Crippen LogP contribution >= 0.6 is 11.6 Å². The SMILES string of the molecule is Cc1ccc(C(N)=O)cc1-n1c(C)nc(OCc2ccc(F)cc2F)c(Cl)c1=O. The van der Waals surface area contributed by atoms with Crippen molar-refractivity contribution >= 4 is 17.5 Å². The van der Waals surface area contributed by atoms with Crippen molar-refractivity contribution in [1.29, 1.82) is 0 Å². The monoisotopic (exact) mass is 419 g/mol. The van der Waals surface area contributed by atoms with E-state index in [9.17, 15) is 18.4 Å². The number of benzene rings is 2. The first-order chi connectivity index (χ1) is 13.7. The second kappa shape index (κ2) is 8.00. The van der Waals surface area contributed by atoms with Crippen LogP contribution in [0.4, 0.5) is 8.78 Å². The summed E-state index contributed by atoms with van der Waals surface area (Å²) >= 11 is 6.14. The van der Waals surface area contributed by atoms with Crippen LogP contribution in [0.1, 0.15) is 27.3 Å². The summed E-state index contributed by atoms with van der Waals surface area (Å²) in [4.78, 5) is 28.5. The van der Waals surface area contributed by atoms with E-state index in [0.29, 0.717) is 11.3 Å². The Bertz CT molecular complexity index is 1180. The summed E-state index contributed by atoms with van der Waals surface area (Å²) in [5, 5.41) is -0.318. The Morgan fingerprint density at radius 1 is 1.21 bits per heavy atom. The van der Waals surface area contributed by atoms with E-state index in [1.54, 1.807) is 26.0 Å². The molecule has 3 aromatic rings. The van der Waals surface area contributed by atoms with E-state index in [-0.39, 0.29) is 34.5 Å². The lowest BCUT2D eigenvalue weighted by atomic mass is 10.1. The van der Waals surface area contributed by atoms with Gasteiger partial charge in [-0.1, -0.05) is 17.7 Å². The zero-order valence-electron chi connectivity index (χ0n) is 15.5. The normalized spacial score (nSPS) is 10.8. The molecule has 9 heteroatoms. The number of primary amides is 1. The lowest BCUT2D eigenvalue weighted by Crippen LogP contribution is -2.25. The summed E-state index contributed by atoms with van der Waals surface area (Å²) in [6.45, 7) is 3.01. The summed E-state index contributed by atoms with van der Waals surface area (Å²) < 4.78 is 33.4. The van der Waals surface area contributed by atoms with Crippen molar-refractivity contribution in [2.45, 2.75) is 20.5 Å². The molecular formula is C20H16ClF2N3O3. The number of ether oxygens (including phenoxy) is 1. The fraction of sp³-hybridized carbons (Fsp3) is 0.150. The van der Waals surface area contributed by atoms with Crippen LogP contribution in [0.3, 0.4) is 0 Å². The first-order valence-electron chi connectivity index (χ1n) is 8.45. The van der Waals surface area contributed by atoms with Gasteiger partial charge in [0, 0.05) is 17.2 Å². The van der Waals surface area contributed by atoms with Crippen molar-refractivity contribution in [3.63, 3.8) is 0 Å². The molecule has 0 saturated carbocycles. The molecule has 6 nitrogen and oxygen atoms in total. The highest BCUT2D eigenvalue weighted by Crippen LogP contribution is 2.23. The lowest BCUT2D eigenvalue weighted by molar-refractivity contribution is 0.1000. The highest BCUT2D eigenvalue weighted by Gasteiger charge is 2.18. The first kappa shape index (κ1) is 20.5. The van der Waals surface area contributed by atoms with Crippen LogP contribution in [0, 0.1) is 25.5 Å². The second-order valence-corrected chi connectivity index (χ2v) is 6.69. The maximum atomic E-state index is 13.8. The summed E-state index contributed by atoms with van der Waals surface area (Å²) in [5.41, 5.74) is 6.08. The van der Waals surface area contributed by atoms with E-state index < -0.39 is 23.1 Å². The van der Waals surface area contributed by atoms with Crippen molar-refractivity contribution in [2.75, 3.05) is 0 Å². The van der Waals surface area contributed by atoms with E-state index >= 15 is 0 Å². The van der Waals surface area contributed by atoms with Gasteiger partial charge in [-0.2, -0.15) is 4.98 Å². The van der Waals surface area contributed by atoms with Crippen LogP contribution in [0.5, 0.6) is 5.88 Å². The minimum Gasteiger partial charge on any atom is -0.471 e. The number of halogens is 3. The average Bonchev–Trinajstić information content (AvgIpc) is 2.66. The Hall–Kier alpha value is -3.26. The average molecular weight is 420 g/mol. The molecule has 1 amide bonds. The molecule has 0 unspecified atom stereocenters. The fourth-order valence-electron chi connectivity index (χ4n) is 2.75. The summed E-state index contributed by atoms with van der Waals surface area (Å²) in [6, 6.07) is 7.71. The van der Waals surface area contributed by atoms with Crippen LogP contribution in [-0.4, -0.2) is 15.5 Å². The van der Waals surface area contributed by atoms with Crippen molar-refractivity contribution in [3.05, 3.63) is 85.9 Å². The molecule has 0 saturated heterocycles. The minimum absolute atomic E-state index is 0.0797. The van der Waals surface area contributed by atoms with Gasteiger partial charge in [0.1, 0.15) is 24.1 Å². The number of aromatic nitrogens is 2. The highest BCUT2D eigenvalue weighted by molar-refractivity contribution is 6.31.